The Labute approximate surface area is 220 Å². The monoisotopic (exact) mass is 527 g/mol. The molecule has 0 aliphatic heterocycles. The molecule has 8 nitrogen and oxygen atoms in total. The molecular weight excluding hydrogens is 492 g/mol. The number of rotatable bonds is 7. The van der Waals surface area contributed by atoms with Gasteiger partial charge in [0.25, 0.3) is 5.91 Å². The number of carbonyl (C=O) groups is 2. The number of hydrogen-bond acceptors (Lipinski definition) is 5. The highest BCUT2D eigenvalue weighted by molar-refractivity contribution is 6.06. The largest absolute Gasteiger partial charge is 0.442 e. The number of aromatic nitrogens is 4. The predicted molar refractivity (Wildman–Crippen MR) is 138 cm³/mol. The smallest absolute Gasteiger partial charge is 0.435 e. The SMILES string of the molecule is CC(F)(F)CCCn1ncc2c(C(=O)N(C3CC3)C3CCc4nn(C(=O)OC(C)(C)C)cc4C3)cccc21. The summed E-state index contributed by atoms with van der Waals surface area (Å²) in [5.41, 5.74) is 2.57. The molecule has 1 aromatic carbocycles. The fourth-order valence-electron chi connectivity index (χ4n) is 5.25. The lowest BCUT2D eigenvalue weighted by Gasteiger charge is -2.34. The standard InChI is InChI=1S/C28H35F2N5O3/c1-27(2,3)38-26(37)34-17-18-15-20(11-12-23(18)32-34)35(19-9-10-19)25(36)21-7-5-8-24-22(21)16-31-33(24)14-6-13-28(4,29)30/h5,7-8,16-17,19-20H,6,9-15H2,1-4H3. The van der Waals surface area contributed by atoms with Crippen LogP contribution in [0.4, 0.5) is 13.6 Å². The van der Waals surface area contributed by atoms with E-state index in [0.717, 1.165) is 48.3 Å². The molecule has 0 N–H and O–H groups in total. The fourth-order valence-corrected chi connectivity index (χ4v) is 5.25. The van der Waals surface area contributed by atoms with Gasteiger partial charge in [-0.1, -0.05) is 6.07 Å². The van der Waals surface area contributed by atoms with Crippen LogP contribution in [-0.4, -0.2) is 60.1 Å². The van der Waals surface area contributed by atoms with Gasteiger partial charge in [0.2, 0.25) is 5.92 Å². The van der Waals surface area contributed by atoms with E-state index in [2.05, 4.69) is 10.2 Å². The van der Waals surface area contributed by atoms with Crippen molar-refractivity contribution in [1.29, 1.82) is 0 Å². The molecule has 1 atom stereocenters. The van der Waals surface area contributed by atoms with Gasteiger partial charge in [-0.05, 0) is 83.9 Å². The Morgan fingerprint density at radius 3 is 2.58 bits per heavy atom. The molecule has 2 aromatic heterocycles. The van der Waals surface area contributed by atoms with Gasteiger partial charge in [-0.15, -0.1) is 0 Å². The minimum absolute atomic E-state index is 0.00382. The third kappa shape index (κ3) is 5.73. The van der Waals surface area contributed by atoms with Gasteiger partial charge in [-0.25, -0.2) is 13.6 Å². The molecule has 0 bridgehead atoms. The molecule has 2 aliphatic rings. The molecule has 204 valence electrons. The second-order valence-corrected chi connectivity index (χ2v) is 11.6. The van der Waals surface area contributed by atoms with E-state index in [1.807, 2.05) is 43.9 Å². The van der Waals surface area contributed by atoms with Gasteiger partial charge < -0.3 is 9.64 Å². The molecule has 38 heavy (non-hydrogen) atoms. The summed E-state index contributed by atoms with van der Waals surface area (Å²) in [4.78, 5) is 28.5. The fraction of sp³-hybridized carbons (Fsp3) is 0.571. The van der Waals surface area contributed by atoms with Crippen molar-refractivity contribution in [3.8, 4) is 0 Å². The van der Waals surface area contributed by atoms with E-state index in [-0.39, 0.29) is 24.4 Å². The van der Waals surface area contributed by atoms with Crippen molar-refractivity contribution >= 4 is 22.9 Å². The van der Waals surface area contributed by atoms with Gasteiger partial charge in [0.05, 0.1) is 23.0 Å². The van der Waals surface area contributed by atoms with Crippen LogP contribution < -0.4 is 0 Å². The van der Waals surface area contributed by atoms with Gasteiger partial charge >= 0.3 is 6.09 Å². The molecule has 0 radical (unpaired) electrons. The van der Waals surface area contributed by atoms with E-state index in [9.17, 15) is 18.4 Å². The summed E-state index contributed by atoms with van der Waals surface area (Å²) in [5, 5.41) is 9.60. The first kappa shape index (κ1) is 26.3. The van der Waals surface area contributed by atoms with Crippen molar-refractivity contribution < 1.29 is 23.1 Å². The summed E-state index contributed by atoms with van der Waals surface area (Å²) < 4.78 is 35.0. The van der Waals surface area contributed by atoms with Crippen molar-refractivity contribution in [2.24, 2.45) is 0 Å². The van der Waals surface area contributed by atoms with Crippen LogP contribution in [0.5, 0.6) is 0 Å². The van der Waals surface area contributed by atoms with Crippen LogP contribution in [0.25, 0.3) is 10.9 Å². The lowest BCUT2D eigenvalue weighted by molar-refractivity contribution is 0.00976. The Morgan fingerprint density at radius 1 is 1.13 bits per heavy atom. The van der Waals surface area contributed by atoms with E-state index in [4.69, 9.17) is 4.74 Å². The molecule has 1 amide bonds. The van der Waals surface area contributed by atoms with Crippen LogP contribution in [0.2, 0.25) is 0 Å². The summed E-state index contributed by atoms with van der Waals surface area (Å²) in [7, 11) is 0. The summed E-state index contributed by atoms with van der Waals surface area (Å²) in [6.45, 7) is 6.74. The molecule has 5 rings (SSSR count). The van der Waals surface area contributed by atoms with E-state index in [1.165, 1.54) is 4.68 Å². The molecule has 2 heterocycles. The highest BCUT2D eigenvalue weighted by atomic mass is 19.3. The molecule has 1 unspecified atom stereocenters. The minimum atomic E-state index is -2.71. The molecule has 0 spiro atoms. The Balaban J connectivity index is 1.35. The second kappa shape index (κ2) is 9.78. The quantitative estimate of drug-likeness (QED) is 0.399. The number of hydrogen-bond donors (Lipinski definition) is 0. The number of halogens is 2. The maximum absolute atomic E-state index is 14.0. The van der Waals surface area contributed by atoms with Crippen LogP contribution in [0, 0.1) is 0 Å². The number of alkyl halides is 2. The Kier molecular flexibility index (Phi) is 6.77. The van der Waals surface area contributed by atoms with E-state index < -0.39 is 17.6 Å². The van der Waals surface area contributed by atoms with Gasteiger partial charge in [0, 0.05) is 36.6 Å². The first-order valence-electron chi connectivity index (χ1n) is 13.4. The molecule has 3 aromatic rings. The Bertz CT molecular complexity index is 1350. The van der Waals surface area contributed by atoms with Crippen molar-refractivity contribution in [2.45, 2.75) is 103 Å². The number of ether oxygens (including phenoxy) is 1. The van der Waals surface area contributed by atoms with E-state index >= 15 is 0 Å². The second-order valence-electron chi connectivity index (χ2n) is 11.6. The summed E-state index contributed by atoms with van der Waals surface area (Å²) in [6.07, 6.45) is 6.98. The highest BCUT2D eigenvalue weighted by Gasteiger charge is 2.40. The van der Waals surface area contributed by atoms with Crippen LogP contribution in [0.3, 0.4) is 0 Å². The van der Waals surface area contributed by atoms with E-state index in [1.54, 1.807) is 17.1 Å². The van der Waals surface area contributed by atoms with Crippen LogP contribution in [-0.2, 0) is 24.1 Å². The number of nitrogens with zero attached hydrogens (tertiary/aromatic N) is 5. The predicted octanol–water partition coefficient (Wildman–Crippen LogP) is 5.61. The van der Waals surface area contributed by atoms with E-state index in [0.29, 0.717) is 31.4 Å². The molecule has 1 fully saturated rings. The maximum Gasteiger partial charge on any atom is 0.435 e. The molecule has 10 heteroatoms. The van der Waals surface area contributed by atoms with Crippen LogP contribution in [0.1, 0.15) is 81.4 Å². The number of aryl methyl sites for hydroxylation is 2. The molecule has 2 aliphatic carbocycles. The highest BCUT2D eigenvalue weighted by Crippen LogP contribution is 2.36. The van der Waals surface area contributed by atoms with Crippen molar-refractivity contribution in [1.82, 2.24) is 24.5 Å². The van der Waals surface area contributed by atoms with Gasteiger partial charge in [0.15, 0.2) is 0 Å². The first-order chi connectivity index (χ1) is 17.9. The number of amides is 1. The molecule has 0 saturated heterocycles. The van der Waals surface area contributed by atoms with Gasteiger partial charge in [0.1, 0.15) is 5.60 Å². The summed E-state index contributed by atoms with van der Waals surface area (Å²) >= 11 is 0. The Hall–Kier alpha value is -3.30. The number of fused-ring (bicyclic) bond motifs is 2. The van der Waals surface area contributed by atoms with Gasteiger partial charge in [-0.2, -0.15) is 14.9 Å². The normalized spacial score (nSPS) is 17.9. The molecule has 1 saturated carbocycles. The van der Waals surface area contributed by atoms with Crippen LogP contribution >= 0.6 is 0 Å². The zero-order chi connectivity index (χ0) is 27.2. The van der Waals surface area contributed by atoms with Gasteiger partial charge in [-0.3, -0.25) is 9.48 Å². The van der Waals surface area contributed by atoms with Crippen LogP contribution in [0.15, 0.2) is 30.6 Å². The summed E-state index contributed by atoms with van der Waals surface area (Å²) in [6, 6.07) is 5.71. The topological polar surface area (TPSA) is 82.3 Å². The lowest BCUT2D eigenvalue weighted by atomic mass is 9.91. The molecular formula is C28H35F2N5O3. The Morgan fingerprint density at radius 2 is 1.89 bits per heavy atom. The van der Waals surface area contributed by atoms with Crippen molar-refractivity contribution in [3.63, 3.8) is 0 Å². The lowest BCUT2D eigenvalue weighted by Crippen LogP contribution is -2.44. The van der Waals surface area contributed by atoms with Crippen molar-refractivity contribution in [3.05, 3.63) is 47.4 Å². The van der Waals surface area contributed by atoms with Crippen molar-refractivity contribution in [2.75, 3.05) is 0 Å². The average Bonchev–Trinajstić information content (AvgIpc) is 3.41. The third-order valence-electron chi connectivity index (χ3n) is 7.10. The zero-order valence-electron chi connectivity index (χ0n) is 22.4. The third-order valence-corrected chi connectivity index (χ3v) is 7.10. The maximum atomic E-state index is 14.0. The number of carbonyl (C=O) groups excluding carboxylic acids is 2. The average molecular weight is 528 g/mol. The summed E-state index contributed by atoms with van der Waals surface area (Å²) in [5.74, 6) is -2.75. The first-order valence-corrected chi connectivity index (χ1v) is 13.4. The number of benzene rings is 1. The zero-order valence-corrected chi connectivity index (χ0v) is 22.4. The minimum Gasteiger partial charge on any atom is -0.442 e.